The lowest BCUT2D eigenvalue weighted by Gasteiger charge is -2.37. The summed E-state index contributed by atoms with van der Waals surface area (Å²) < 4.78 is 11.2. The average Bonchev–Trinajstić information content (AvgIpc) is 2.82. The zero-order chi connectivity index (χ0) is 21.6. The third-order valence-electron chi connectivity index (χ3n) is 5.23. The molecule has 1 aromatic carbocycles. The zero-order valence-corrected chi connectivity index (χ0v) is 18.6. The molecule has 0 saturated carbocycles. The van der Waals surface area contributed by atoms with Crippen molar-refractivity contribution in [2.45, 2.75) is 13.5 Å². The maximum absolute atomic E-state index is 5.75. The van der Waals surface area contributed by atoms with Crippen molar-refractivity contribution < 1.29 is 9.47 Å². The Labute approximate surface area is 187 Å². The van der Waals surface area contributed by atoms with Gasteiger partial charge in [0.1, 0.15) is 12.1 Å². The van der Waals surface area contributed by atoms with Crippen LogP contribution in [0.4, 0.5) is 5.82 Å². The lowest BCUT2D eigenvalue weighted by Crippen LogP contribution is -2.51. The molecule has 0 aliphatic carbocycles. The van der Waals surface area contributed by atoms with Gasteiger partial charge in [0.05, 0.1) is 19.2 Å². The molecule has 4 rings (SSSR count). The van der Waals surface area contributed by atoms with E-state index in [-0.39, 0.29) is 0 Å². The number of thiocarbonyl (C=S) groups is 1. The molecule has 1 aliphatic rings. The van der Waals surface area contributed by atoms with Crippen molar-refractivity contribution in [2.75, 3.05) is 44.8 Å². The van der Waals surface area contributed by atoms with Gasteiger partial charge in [0.25, 0.3) is 0 Å². The van der Waals surface area contributed by atoms with Crippen molar-refractivity contribution in [1.82, 2.24) is 25.2 Å². The Balaban J connectivity index is 1.44. The van der Waals surface area contributed by atoms with Gasteiger partial charge in [-0.1, -0.05) is 6.07 Å². The Bertz CT molecular complexity index is 1040. The molecule has 1 N–H and O–H groups in total. The normalized spacial score (nSPS) is 13.9. The summed E-state index contributed by atoms with van der Waals surface area (Å²) in [4.78, 5) is 17.6. The summed E-state index contributed by atoms with van der Waals surface area (Å²) in [6, 6.07) is 7.84. The first-order valence-electron chi connectivity index (χ1n) is 10.3. The molecule has 8 nitrogen and oxygen atoms in total. The molecule has 1 aliphatic heterocycles. The van der Waals surface area contributed by atoms with Crippen LogP contribution >= 0.6 is 12.2 Å². The number of nitrogens with zero attached hydrogens (tertiary/aromatic N) is 5. The van der Waals surface area contributed by atoms with Crippen LogP contribution in [0.3, 0.4) is 0 Å². The first kappa shape index (κ1) is 21.0. The van der Waals surface area contributed by atoms with Gasteiger partial charge in [-0.2, -0.15) is 0 Å². The van der Waals surface area contributed by atoms with E-state index in [1.165, 1.54) is 0 Å². The molecule has 1 fully saturated rings. The van der Waals surface area contributed by atoms with Crippen molar-refractivity contribution in [3.05, 3.63) is 48.5 Å². The predicted molar refractivity (Wildman–Crippen MR) is 125 cm³/mol. The molecule has 0 amide bonds. The number of piperazine rings is 1. The third kappa shape index (κ3) is 4.77. The minimum Gasteiger partial charge on any atom is -0.493 e. The first-order chi connectivity index (χ1) is 15.2. The summed E-state index contributed by atoms with van der Waals surface area (Å²) >= 11 is 5.60. The summed E-state index contributed by atoms with van der Waals surface area (Å²) in [6.45, 7) is 6.46. The lowest BCUT2D eigenvalue weighted by atomic mass is 10.2. The summed E-state index contributed by atoms with van der Waals surface area (Å²) in [5, 5.41) is 5.05. The molecule has 0 bridgehead atoms. The minimum atomic E-state index is 0.563. The summed E-state index contributed by atoms with van der Waals surface area (Å²) in [7, 11) is 1.64. The molecule has 0 radical (unpaired) electrons. The minimum absolute atomic E-state index is 0.563. The summed E-state index contributed by atoms with van der Waals surface area (Å²) in [5.41, 5.74) is 1.94. The molecule has 3 heterocycles. The number of hydrogen-bond acceptors (Lipinski definition) is 7. The maximum atomic E-state index is 5.75. The first-order valence-corrected chi connectivity index (χ1v) is 10.7. The number of nitrogens with one attached hydrogen (secondary N) is 1. The standard InChI is InChI=1S/C22H26N6O2S/c1-3-30-20-11-17-18(12-19(20)29-2)25-15-26-21(17)27-7-9-28(10-8-27)22(31)24-14-16-5-4-6-23-13-16/h4-6,11-13,15H,3,7-10,14H2,1-2H3,(H,24,31). The number of aromatic nitrogens is 3. The number of fused-ring (bicyclic) bond motifs is 1. The van der Waals surface area contributed by atoms with Gasteiger partial charge in [0.15, 0.2) is 16.6 Å². The second-order valence-electron chi connectivity index (χ2n) is 7.14. The molecule has 2 aromatic heterocycles. The second-order valence-corrected chi connectivity index (χ2v) is 7.53. The fourth-order valence-electron chi connectivity index (χ4n) is 3.64. The summed E-state index contributed by atoms with van der Waals surface area (Å²) in [5.74, 6) is 2.28. The molecule has 1 saturated heterocycles. The number of anilines is 1. The van der Waals surface area contributed by atoms with E-state index in [1.807, 2.05) is 37.4 Å². The number of pyridine rings is 1. The van der Waals surface area contributed by atoms with Gasteiger partial charge in [0.2, 0.25) is 0 Å². The third-order valence-corrected chi connectivity index (χ3v) is 5.64. The zero-order valence-electron chi connectivity index (χ0n) is 17.7. The van der Waals surface area contributed by atoms with Crippen LogP contribution in [0.15, 0.2) is 43.0 Å². The lowest BCUT2D eigenvalue weighted by molar-refractivity contribution is 0.311. The van der Waals surface area contributed by atoms with Gasteiger partial charge < -0.3 is 24.6 Å². The van der Waals surface area contributed by atoms with Crippen molar-refractivity contribution in [3.8, 4) is 11.5 Å². The van der Waals surface area contributed by atoms with E-state index in [0.717, 1.165) is 53.6 Å². The van der Waals surface area contributed by atoms with Crippen LogP contribution in [-0.4, -0.2) is 64.9 Å². The van der Waals surface area contributed by atoms with E-state index >= 15 is 0 Å². The highest BCUT2D eigenvalue weighted by atomic mass is 32.1. The topological polar surface area (TPSA) is 75.6 Å². The van der Waals surface area contributed by atoms with Gasteiger partial charge >= 0.3 is 0 Å². The fourth-order valence-corrected chi connectivity index (χ4v) is 3.90. The highest BCUT2D eigenvalue weighted by Gasteiger charge is 2.22. The van der Waals surface area contributed by atoms with Crippen LogP contribution in [0, 0.1) is 0 Å². The number of ether oxygens (including phenoxy) is 2. The fraction of sp³-hybridized carbons (Fsp3) is 0.364. The van der Waals surface area contributed by atoms with E-state index in [4.69, 9.17) is 21.7 Å². The van der Waals surface area contributed by atoms with E-state index in [2.05, 4.69) is 30.1 Å². The quantitative estimate of drug-likeness (QED) is 0.585. The predicted octanol–water partition coefficient (Wildman–Crippen LogP) is 2.63. The van der Waals surface area contributed by atoms with Gasteiger partial charge in [-0.15, -0.1) is 0 Å². The maximum Gasteiger partial charge on any atom is 0.169 e. The molecule has 31 heavy (non-hydrogen) atoms. The van der Waals surface area contributed by atoms with Gasteiger partial charge in [-0.25, -0.2) is 9.97 Å². The number of hydrogen-bond donors (Lipinski definition) is 1. The molecule has 0 unspecified atom stereocenters. The molecule has 162 valence electrons. The van der Waals surface area contributed by atoms with E-state index in [1.54, 1.807) is 19.6 Å². The van der Waals surface area contributed by atoms with E-state index in [9.17, 15) is 0 Å². The number of methoxy groups -OCH3 is 1. The van der Waals surface area contributed by atoms with Crippen molar-refractivity contribution in [3.63, 3.8) is 0 Å². The highest BCUT2D eigenvalue weighted by Crippen LogP contribution is 2.35. The average molecular weight is 439 g/mol. The van der Waals surface area contributed by atoms with E-state index < -0.39 is 0 Å². The Morgan fingerprint density at radius 2 is 2.00 bits per heavy atom. The van der Waals surface area contributed by atoms with Crippen molar-refractivity contribution in [2.24, 2.45) is 0 Å². The molecule has 0 atom stereocenters. The van der Waals surface area contributed by atoms with Gasteiger partial charge in [0, 0.05) is 56.6 Å². The SMILES string of the molecule is CCOc1cc2c(N3CCN(C(=S)NCc4cccnc4)CC3)ncnc2cc1OC. The smallest absolute Gasteiger partial charge is 0.169 e. The molecule has 9 heteroatoms. The Kier molecular flexibility index (Phi) is 6.61. The molecular formula is C22H26N6O2S. The van der Waals surface area contributed by atoms with Crippen molar-refractivity contribution >= 4 is 34.1 Å². The van der Waals surface area contributed by atoms with Gasteiger partial charge in [-0.05, 0) is 36.8 Å². The van der Waals surface area contributed by atoms with Crippen LogP contribution in [0.25, 0.3) is 10.9 Å². The molecule has 3 aromatic rings. The van der Waals surface area contributed by atoms with Crippen LogP contribution in [0.2, 0.25) is 0 Å². The Morgan fingerprint density at radius 1 is 1.16 bits per heavy atom. The van der Waals surface area contributed by atoms with Crippen LogP contribution in [0.5, 0.6) is 11.5 Å². The Morgan fingerprint density at radius 3 is 2.71 bits per heavy atom. The highest BCUT2D eigenvalue weighted by molar-refractivity contribution is 7.80. The molecule has 0 spiro atoms. The van der Waals surface area contributed by atoms with E-state index in [0.29, 0.717) is 24.7 Å². The van der Waals surface area contributed by atoms with Crippen molar-refractivity contribution in [1.29, 1.82) is 0 Å². The number of rotatable bonds is 6. The number of benzene rings is 1. The molecular weight excluding hydrogens is 412 g/mol. The largest absolute Gasteiger partial charge is 0.493 e. The van der Waals surface area contributed by atoms with Crippen LogP contribution < -0.4 is 19.7 Å². The van der Waals surface area contributed by atoms with Crippen LogP contribution in [0.1, 0.15) is 12.5 Å². The Hall–Kier alpha value is -3.20. The summed E-state index contributed by atoms with van der Waals surface area (Å²) in [6.07, 6.45) is 5.22. The second kappa shape index (κ2) is 9.74. The van der Waals surface area contributed by atoms with Crippen LogP contribution in [-0.2, 0) is 6.54 Å². The monoisotopic (exact) mass is 438 g/mol. The van der Waals surface area contributed by atoms with Gasteiger partial charge in [-0.3, -0.25) is 4.98 Å².